The zero-order valence-electron chi connectivity index (χ0n) is 12.2. The van der Waals surface area contributed by atoms with E-state index in [9.17, 15) is 9.90 Å². The third-order valence-electron chi connectivity index (χ3n) is 3.30. The van der Waals surface area contributed by atoms with Gasteiger partial charge in [0.15, 0.2) is 0 Å². The zero-order valence-corrected chi connectivity index (χ0v) is 12.2. The number of benzene rings is 1. The van der Waals surface area contributed by atoms with Crippen LogP contribution in [-0.2, 0) is 20.2 Å². The van der Waals surface area contributed by atoms with Gasteiger partial charge in [0.1, 0.15) is 0 Å². The van der Waals surface area contributed by atoms with Crippen LogP contribution in [0.5, 0.6) is 0 Å². The first kappa shape index (κ1) is 15.1. The molecule has 21 heavy (non-hydrogen) atoms. The van der Waals surface area contributed by atoms with Crippen molar-refractivity contribution >= 4 is 6.03 Å². The lowest BCUT2D eigenvalue weighted by Gasteiger charge is -2.14. The second kappa shape index (κ2) is 6.90. The maximum atomic E-state index is 11.9. The van der Waals surface area contributed by atoms with Gasteiger partial charge < -0.3 is 15.7 Å². The molecule has 6 heteroatoms. The Balaban J connectivity index is 1.87. The fourth-order valence-corrected chi connectivity index (χ4v) is 2.05. The minimum atomic E-state index is -0.251. The number of hydrogen-bond donors (Lipinski definition) is 3. The molecule has 0 aliphatic rings. The number of nitrogens with zero attached hydrogens (tertiary/aromatic N) is 2. The van der Waals surface area contributed by atoms with Crippen molar-refractivity contribution in [2.75, 3.05) is 0 Å². The third-order valence-corrected chi connectivity index (χ3v) is 3.30. The lowest BCUT2D eigenvalue weighted by atomic mass is 10.1. The second-order valence-electron chi connectivity index (χ2n) is 4.92. The number of amides is 2. The average Bonchev–Trinajstić information content (AvgIpc) is 2.92. The van der Waals surface area contributed by atoms with Gasteiger partial charge in [-0.15, -0.1) is 0 Å². The van der Waals surface area contributed by atoms with E-state index in [0.717, 1.165) is 16.7 Å². The molecular weight excluding hydrogens is 268 g/mol. The fourth-order valence-electron chi connectivity index (χ4n) is 2.05. The Morgan fingerprint density at radius 1 is 1.38 bits per heavy atom. The highest BCUT2D eigenvalue weighted by Crippen LogP contribution is 2.10. The van der Waals surface area contributed by atoms with Gasteiger partial charge >= 0.3 is 6.03 Å². The number of nitrogens with one attached hydrogen (secondary N) is 2. The Morgan fingerprint density at radius 2 is 2.10 bits per heavy atom. The van der Waals surface area contributed by atoms with Crippen molar-refractivity contribution in [3.05, 3.63) is 53.3 Å². The first-order valence-corrected chi connectivity index (χ1v) is 6.80. The topological polar surface area (TPSA) is 79.2 Å². The summed E-state index contributed by atoms with van der Waals surface area (Å²) in [6.45, 7) is 2.24. The van der Waals surface area contributed by atoms with Crippen molar-refractivity contribution in [1.29, 1.82) is 0 Å². The number of aryl methyl sites for hydroxylation is 1. The summed E-state index contributed by atoms with van der Waals surface area (Å²) in [5, 5.41) is 19.0. The van der Waals surface area contributed by atoms with Crippen LogP contribution in [0.25, 0.3) is 0 Å². The number of aliphatic hydroxyl groups excluding tert-OH is 1. The summed E-state index contributed by atoms with van der Waals surface area (Å²) in [4.78, 5) is 11.9. The number of carbonyl (C=O) groups is 1. The standard InChI is InChI=1S/C15H20N4O2/c1-11(14-8-17-19(2)9-14)18-15(21)16-7-12-5-3-4-6-13(12)10-20/h3-6,8-9,11,20H,7,10H2,1-2H3,(H2,16,18,21). The number of urea groups is 1. The van der Waals surface area contributed by atoms with Crippen LogP contribution < -0.4 is 10.6 Å². The van der Waals surface area contributed by atoms with E-state index in [2.05, 4.69) is 15.7 Å². The largest absolute Gasteiger partial charge is 0.392 e. The number of aromatic nitrogens is 2. The summed E-state index contributed by atoms with van der Waals surface area (Å²) in [7, 11) is 1.84. The molecule has 112 valence electrons. The Bertz CT molecular complexity index is 609. The van der Waals surface area contributed by atoms with E-state index < -0.39 is 0 Å². The summed E-state index contributed by atoms with van der Waals surface area (Å²) in [6.07, 6.45) is 3.60. The van der Waals surface area contributed by atoms with Gasteiger partial charge in [-0.25, -0.2) is 4.79 Å². The third kappa shape index (κ3) is 4.06. The normalized spacial score (nSPS) is 12.0. The highest BCUT2D eigenvalue weighted by molar-refractivity contribution is 5.74. The van der Waals surface area contributed by atoms with Gasteiger partial charge in [0, 0.05) is 25.4 Å². The average molecular weight is 288 g/mol. The summed E-state index contributed by atoms with van der Waals surface area (Å²) in [5.74, 6) is 0. The SMILES string of the molecule is CC(NC(=O)NCc1ccccc1CO)c1cnn(C)c1. The molecule has 0 spiro atoms. The maximum absolute atomic E-state index is 11.9. The van der Waals surface area contributed by atoms with Crippen LogP contribution in [-0.4, -0.2) is 20.9 Å². The maximum Gasteiger partial charge on any atom is 0.315 e. The van der Waals surface area contributed by atoms with E-state index in [1.807, 2.05) is 44.4 Å². The molecule has 0 fully saturated rings. The number of hydrogen-bond acceptors (Lipinski definition) is 3. The fraction of sp³-hybridized carbons (Fsp3) is 0.333. The number of carbonyl (C=O) groups excluding carboxylic acids is 1. The first-order valence-electron chi connectivity index (χ1n) is 6.80. The van der Waals surface area contributed by atoms with Crippen molar-refractivity contribution in [2.45, 2.75) is 26.1 Å². The Morgan fingerprint density at radius 3 is 2.71 bits per heavy atom. The van der Waals surface area contributed by atoms with Gasteiger partial charge in [-0.05, 0) is 18.1 Å². The van der Waals surface area contributed by atoms with Crippen molar-refractivity contribution in [3.8, 4) is 0 Å². The molecular formula is C15H20N4O2. The molecule has 1 atom stereocenters. The minimum Gasteiger partial charge on any atom is -0.392 e. The number of rotatable bonds is 5. The zero-order chi connectivity index (χ0) is 15.2. The molecule has 0 saturated carbocycles. The van der Waals surface area contributed by atoms with Crippen molar-refractivity contribution in [2.24, 2.45) is 7.05 Å². The molecule has 6 nitrogen and oxygen atoms in total. The quantitative estimate of drug-likeness (QED) is 0.779. The molecule has 0 aliphatic heterocycles. The molecule has 0 bridgehead atoms. The molecule has 2 amide bonds. The summed E-state index contributed by atoms with van der Waals surface area (Å²) in [5.41, 5.74) is 2.67. The van der Waals surface area contributed by atoms with E-state index in [0.29, 0.717) is 6.54 Å². The summed E-state index contributed by atoms with van der Waals surface area (Å²) < 4.78 is 1.70. The van der Waals surface area contributed by atoms with Gasteiger partial charge in [-0.2, -0.15) is 5.10 Å². The van der Waals surface area contributed by atoms with Crippen molar-refractivity contribution in [1.82, 2.24) is 20.4 Å². The lowest BCUT2D eigenvalue weighted by Crippen LogP contribution is -2.36. The Kier molecular flexibility index (Phi) is 4.94. The molecule has 0 radical (unpaired) electrons. The van der Waals surface area contributed by atoms with Gasteiger partial charge in [0.2, 0.25) is 0 Å². The molecule has 2 rings (SSSR count). The molecule has 0 saturated heterocycles. The predicted molar refractivity (Wildman–Crippen MR) is 79.4 cm³/mol. The number of aliphatic hydroxyl groups is 1. The molecule has 1 aromatic heterocycles. The van der Waals surface area contributed by atoms with Crippen LogP contribution in [0.4, 0.5) is 4.79 Å². The molecule has 0 aliphatic carbocycles. The van der Waals surface area contributed by atoms with Crippen LogP contribution in [0.2, 0.25) is 0 Å². The van der Waals surface area contributed by atoms with Crippen LogP contribution in [0.1, 0.15) is 29.7 Å². The predicted octanol–water partition coefficient (Wildman–Crippen LogP) is 1.47. The molecule has 3 N–H and O–H groups in total. The Hall–Kier alpha value is -2.34. The molecule has 1 heterocycles. The van der Waals surface area contributed by atoms with Crippen LogP contribution in [0, 0.1) is 0 Å². The van der Waals surface area contributed by atoms with E-state index in [1.54, 1.807) is 10.9 Å². The summed E-state index contributed by atoms with van der Waals surface area (Å²) >= 11 is 0. The highest BCUT2D eigenvalue weighted by atomic mass is 16.3. The van der Waals surface area contributed by atoms with Gasteiger partial charge in [0.25, 0.3) is 0 Å². The highest BCUT2D eigenvalue weighted by Gasteiger charge is 2.11. The summed E-state index contributed by atoms with van der Waals surface area (Å²) in [6, 6.07) is 7.10. The van der Waals surface area contributed by atoms with Crippen molar-refractivity contribution < 1.29 is 9.90 Å². The van der Waals surface area contributed by atoms with E-state index >= 15 is 0 Å². The van der Waals surface area contributed by atoms with Gasteiger partial charge in [-0.1, -0.05) is 24.3 Å². The smallest absolute Gasteiger partial charge is 0.315 e. The molecule has 2 aromatic rings. The van der Waals surface area contributed by atoms with E-state index in [-0.39, 0.29) is 18.7 Å². The van der Waals surface area contributed by atoms with Crippen LogP contribution in [0.3, 0.4) is 0 Å². The van der Waals surface area contributed by atoms with E-state index in [4.69, 9.17) is 0 Å². The monoisotopic (exact) mass is 288 g/mol. The lowest BCUT2D eigenvalue weighted by molar-refractivity contribution is 0.237. The second-order valence-corrected chi connectivity index (χ2v) is 4.92. The van der Waals surface area contributed by atoms with Gasteiger partial charge in [0.05, 0.1) is 18.8 Å². The van der Waals surface area contributed by atoms with Crippen LogP contribution in [0.15, 0.2) is 36.7 Å². The van der Waals surface area contributed by atoms with E-state index in [1.165, 1.54) is 0 Å². The van der Waals surface area contributed by atoms with Gasteiger partial charge in [-0.3, -0.25) is 4.68 Å². The van der Waals surface area contributed by atoms with Crippen LogP contribution >= 0.6 is 0 Å². The van der Waals surface area contributed by atoms with Crippen molar-refractivity contribution in [3.63, 3.8) is 0 Å². The first-order chi connectivity index (χ1) is 10.1. The molecule has 1 aromatic carbocycles. The minimum absolute atomic E-state index is 0.0362. The Labute approximate surface area is 123 Å². The molecule has 1 unspecified atom stereocenters.